The molecule has 0 saturated heterocycles. The van der Waals surface area contributed by atoms with E-state index in [0.717, 1.165) is 17.2 Å². The van der Waals surface area contributed by atoms with Crippen LogP contribution in [0.2, 0.25) is 0 Å². The molecular weight excluding hydrogens is 427 g/mol. The summed E-state index contributed by atoms with van der Waals surface area (Å²) in [6.07, 6.45) is 2.76. The average molecular weight is 446 g/mol. The first-order valence-corrected chi connectivity index (χ1v) is 8.25. The first-order valence-electron chi connectivity index (χ1n) is 8.25. The van der Waals surface area contributed by atoms with Gasteiger partial charge in [-0.25, -0.2) is 9.13 Å². The van der Waals surface area contributed by atoms with Crippen LogP contribution in [0.15, 0.2) is 42.7 Å². The minimum Gasteiger partial charge on any atom is -1.00 e. The summed E-state index contributed by atoms with van der Waals surface area (Å²) in [5, 5.41) is 1.96. The number of fused-ring (bicyclic) bond motifs is 3. The van der Waals surface area contributed by atoms with Gasteiger partial charge in [-0.3, -0.25) is 9.59 Å². The van der Waals surface area contributed by atoms with Gasteiger partial charge in [-0.05, 0) is 36.2 Å². The minimum absolute atomic E-state index is 0. The number of ketones is 2. The molecule has 1 heterocycles. The van der Waals surface area contributed by atoms with Gasteiger partial charge >= 0.3 is 0 Å². The van der Waals surface area contributed by atoms with Crippen molar-refractivity contribution in [2.24, 2.45) is 7.05 Å². The molecule has 1 aliphatic rings. The third-order valence-electron chi connectivity index (χ3n) is 5.00. The fourth-order valence-corrected chi connectivity index (χ4v) is 3.49. The predicted octanol–water partition coefficient (Wildman–Crippen LogP) is 0.216. The molecule has 0 bridgehead atoms. The van der Waals surface area contributed by atoms with Crippen LogP contribution in [0, 0.1) is 0 Å². The topological polar surface area (TPSA) is 43.0 Å². The Labute approximate surface area is 163 Å². The average Bonchev–Trinajstić information content (AvgIpc) is 2.95. The number of carbonyl (C=O) groups is 2. The summed E-state index contributed by atoms with van der Waals surface area (Å²) >= 11 is 0. The molecule has 0 aliphatic heterocycles. The van der Waals surface area contributed by atoms with Crippen molar-refractivity contribution in [3.05, 3.63) is 65.2 Å². The summed E-state index contributed by atoms with van der Waals surface area (Å²) in [6, 6.07) is 11.7. The fraction of sp³-hybridized carbons (Fsp3) is 0.250. The third-order valence-corrected chi connectivity index (χ3v) is 5.00. The number of rotatable bonds is 2. The van der Waals surface area contributed by atoms with Crippen LogP contribution >= 0.6 is 0 Å². The highest BCUT2D eigenvalue weighted by Crippen LogP contribution is 2.31. The second kappa shape index (κ2) is 6.37. The first kappa shape index (κ1) is 17.8. The molecule has 4 nitrogen and oxygen atoms in total. The van der Waals surface area contributed by atoms with Crippen molar-refractivity contribution in [2.75, 3.05) is 0 Å². The normalized spacial score (nSPS) is 14.0. The van der Waals surface area contributed by atoms with Crippen molar-refractivity contribution in [2.45, 2.75) is 26.3 Å². The van der Waals surface area contributed by atoms with Crippen LogP contribution in [0.4, 0.5) is 0 Å². The number of nitrogens with zero attached hydrogens (tertiary/aromatic N) is 2. The molecule has 1 atom stereocenters. The second-order valence-corrected chi connectivity index (χ2v) is 6.49. The van der Waals surface area contributed by atoms with Crippen molar-refractivity contribution >= 4 is 22.3 Å². The van der Waals surface area contributed by atoms with Crippen molar-refractivity contribution in [1.29, 1.82) is 0 Å². The maximum absolute atomic E-state index is 13.2. The molecule has 0 saturated carbocycles. The highest BCUT2D eigenvalue weighted by Gasteiger charge is 2.41. The monoisotopic (exact) mass is 446 g/mol. The van der Waals surface area contributed by atoms with Crippen LogP contribution < -0.4 is 28.5 Å². The zero-order valence-electron chi connectivity index (χ0n) is 14.4. The standard InChI is InChI=1S/C20H19N2O2.HI/c1-4-12(2)22-11-21(3)17-18(22)20(24)16-10-14-8-6-5-7-13(14)9-15(16)19(17)23;/h5-12H,4H2,1-3H3;1H/q+1;/p-1. The molecule has 1 aliphatic carbocycles. The van der Waals surface area contributed by atoms with Gasteiger partial charge in [0.05, 0.1) is 13.1 Å². The molecule has 0 spiro atoms. The zero-order valence-corrected chi connectivity index (χ0v) is 16.6. The van der Waals surface area contributed by atoms with Crippen LogP contribution in [0.1, 0.15) is 58.4 Å². The maximum Gasteiger partial charge on any atom is 0.244 e. The third kappa shape index (κ3) is 2.52. The molecular formula is C20H19IN2O2. The molecule has 1 aromatic heterocycles. The summed E-state index contributed by atoms with van der Waals surface area (Å²) in [5.41, 5.74) is 2.01. The number of hydrogen-bond acceptors (Lipinski definition) is 2. The van der Waals surface area contributed by atoms with Gasteiger partial charge in [0.25, 0.3) is 0 Å². The van der Waals surface area contributed by atoms with Gasteiger partial charge in [-0.1, -0.05) is 31.2 Å². The quantitative estimate of drug-likeness (QED) is 0.327. The lowest BCUT2D eigenvalue weighted by Crippen LogP contribution is -3.00. The smallest absolute Gasteiger partial charge is 0.244 e. The number of aryl methyl sites for hydroxylation is 1. The van der Waals surface area contributed by atoms with Crippen LogP contribution in [0.5, 0.6) is 0 Å². The molecule has 0 N–H and O–H groups in total. The van der Waals surface area contributed by atoms with Crippen LogP contribution in [0.25, 0.3) is 10.8 Å². The lowest BCUT2D eigenvalue weighted by atomic mass is 9.87. The molecule has 0 fully saturated rings. The van der Waals surface area contributed by atoms with Crippen LogP contribution in [0.3, 0.4) is 0 Å². The SMILES string of the molecule is CCC(C)n1c[n+](C)c2c1C(=O)c1cc3ccccc3cc1C2=O.[I-]. The van der Waals surface area contributed by atoms with E-state index in [1.165, 1.54) is 0 Å². The van der Waals surface area contributed by atoms with E-state index < -0.39 is 0 Å². The van der Waals surface area contributed by atoms with E-state index >= 15 is 0 Å². The van der Waals surface area contributed by atoms with Gasteiger partial charge in [0.1, 0.15) is 0 Å². The van der Waals surface area contributed by atoms with Crippen LogP contribution in [-0.4, -0.2) is 16.1 Å². The van der Waals surface area contributed by atoms with Gasteiger partial charge < -0.3 is 24.0 Å². The van der Waals surface area contributed by atoms with E-state index in [9.17, 15) is 9.59 Å². The summed E-state index contributed by atoms with van der Waals surface area (Å²) in [4.78, 5) is 26.2. The molecule has 1 unspecified atom stereocenters. The molecule has 0 radical (unpaired) electrons. The van der Waals surface area contributed by atoms with E-state index in [1.54, 1.807) is 4.57 Å². The number of imidazole rings is 1. The molecule has 3 aromatic rings. The summed E-state index contributed by atoms with van der Waals surface area (Å²) < 4.78 is 3.72. The summed E-state index contributed by atoms with van der Waals surface area (Å²) in [7, 11) is 1.83. The lowest BCUT2D eigenvalue weighted by molar-refractivity contribution is -0.672. The van der Waals surface area contributed by atoms with Crippen LogP contribution in [-0.2, 0) is 7.05 Å². The van der Waals surface area contributed by atoms with E-state index in [2.05, 4.69) is 13.8 Å². The molecule has 2 aromatic carbocycles. The maximum atomic E-state index is 13.2. The number of halogens is 1. The van der Waals surface area contributed by atoms with E-state index in [1.807, 2.05) is 54.3 Å². The van der Waals surface area contributed by atoms with Crippen molar-refractivity contribution in [3.8, 4) is 0 Å². The molecule has 128 valence electrons. The minimum atomic E-state index is -0.0742. The predicted molar refractivity (Wildman–Crippen MR) is 91.4 cm³/mol. The Hall–Kier alpha value is -2.02. The summed E-state index contributed by atoms with van der Waals surface area (Å²) in [6.45, 7) is 4.14. The van der Waals surface area contributed by atoms with Crippen molar-refractivity contribution < 1.29 is 38.1 Å². The second-order valence-electron chi connectivity index (χ2n) is 6.49. The fourth-order valence-electron chi connectivity index (χ4n) is 3.49. The summed E-state index contributed by atoms with van der Waals surface area (Å²) in [5.74, 6) is -0.138. The van der Waals surface area contributed by atoms with Gasteiger partial charge in [0, 0.05) is 11.1 Å². The number of benzene rings is 2. The highest BCUT2D eigenvalue weighted by atomic mass is 127. The number of aromatic nitrogens is 2. The van der Waals surface area contributed by atoms with Gasteiger partial charge in [0.2, 0.25) is 29.3 Å². The van der Waals surface area contributed by atoms with Gasteiger partial charge in [-0.2, -0.15) is 0 Å². The molecule has 4 rings (SSSR count). The first-order chi connectivity index (χ1) is 11.5. The Bertz CT molecular complexity index is 1020. The van der Waals surface area contributed by atoms with E-state index in [4.69, 9.17) is 0 Å². The van der Waals surface area contributed by atoms with E-state index in [-0.39, 0.29) is 41.6 Å². The Balaban J connectivity index is 0.00000182. The van der Waals surface area contributed by atoms with E-state index in [0.29, 0.717) is 22.5 Å². The zero-order chi connectivity index (χ0) is 17.0. The Morgan fingerprint density at radius 1 is 1.04 bits per heavy atom. The van der Waals surface area contributed by atoms with Crippen molar-refractivity contribution in [3.63, 3.8) is 0 Å². The lowest BCUT2D eigenvalue weighted by Gasteiger charge is -2.15. The number of carbonyl (C=O) groups excluding carboxylic acids is 2. The highest BCUT2D eigenvalue weighted by molar-refractivity contribution is 6.27. The molecule has 25 heavy (non-hydrogen) atoms. The van der Waals surface area contributed by atoms with Gasteiger partial charge in [0.15, 0.2) is 0 Å². The largest absolute Gasteiger partial charge is 1.00 e. The Kier molecular flexibility index (Phi) is 4.53. The molecule has 0 amide bonds. The number of hydrogen-bond donors (Lipinski definition) is 0. The van der Waals surface area contributed by atoms with Crippen molar-refractivity contribution in [1.82, 2.24) is 4.57 Å². The van der Waals surface area contributed by atoms with Gasteiger partial charge in [-0.15, -0.1) is 0 Å². The Morgan fingerprint density at radius 3 is 2.16 bits per heavy atom. The Morgan fingerprint density at radius 2 is 1.60 bits per heavy atom. The molecule has 5 heteroatoms.